The van der Waals surface area contributed by atoms with E-state index < -0.39 is 0 Å². The van der Waals surface area contributed by atoms with Crippen LogP contribution in [0.15, 0.2) is 36.4 Å². The molecule has 2 aromatic carbocycles. The van der Waals surface area contributed by atoms with Gasteiger partial charge in [0.25, 0.3) is 11.8 Å². The highest BCUT2D eigenvalue weighted by atomic mass is 16.2. The number of carbonyl (C=O) groups excluding carboxylic acids is 3. The van der Waals surface area contributed by atoms with Gasteiger partial charge in [0.2, 0.25) is 5.91 Å². The summed E-state index contributed by atoms with van der Waals surface area (Å²) in [6, 6.07) is 10.9. The molecule has 0 spiro atoms. The Morgan fingerprint density at radius 2 is 1.58 bits per heavy atom. The van der Waals surface area contributed by atoms with Crippen molar-refractivity contribution in [3.05, 3.63) is 47.5 Å². The van der Waals surface area contributed by atoms with Crippen LogP contribution in [0.2, 0.25) is 0 Å². The maximum atomic E-state index is 12.8. The molecule has 26 heavy (non-hydrogen) atoms. The zero-order chi connectivity index (χ0) is 18.3. The minimum atomic E-state index is -0.310. The van der Waals surface area contributed by atoms with E-state index in [1.54, 1.807) is 12.1 Å². The average Bonchev–Trinajstić information content (AvgIpc) is 2.66. The number of piperazine rings is 1. The Morgan fingerprint density at radius 3 is 2.15 bits per heavy atom. The van der Waals surface area contributed by atoms with Gasteiger partial charge in [-0.3, -0.25) is 19.3 Å². The largest absolute Gasteiger partial charge is 0.334 e. The van der Waals surface area contributed by atoms with Crippen molar-refractivity contribution in [1.82, 2.24) is 9.80 Å². The van der Waals surface area contributed by atoms with E-state index >= 15 is 0 Å². The number of hydrogen-bond donors (Lipinski definition) is 1. The van der Waals surface area contributed by atoms with Crippen LogP contribution in [0.5, 0.6) is 0 Å². The monoisotopic (exact) mass is 352 g/mol. The number of hydrogen-bond acceptors (Lipinski definition) is 3. The van der Waals surface area contributed by atoms with Crippen molar-refractivity contribution in [2.75, 3.05) is 39.8 Å². The molecule has 1 N–H and O–H groups in total. The summed E-state index contributed by atoms with van der Waals surface area (Å²) < 4.78 is 0. The van der Waals surface area contributed by atoms with E-state index in [2.05, 4.69) is 7.05 Å². The number of rotatable bonds is 3. The second kappa shape index (κ2) is 6.53. The first-order valence-corrected chi connectivity index (χ1v) is 9.03. The number of nitrogens with one attached hydrogen (secondary N) is 1. The van der Waals surface area contributed by atoms with Gasteiger partial charge in [-0.15, -0.1) is 0 Å². The normalized spacial score (nSPS) is 17.9. The molecule has 2 aromatic rings. The summed E-state index contributed by atoms with van der Waals surface area (Å²) in [7, 11) is 2.12. The van der Waals surface area contributed by atoms with Gasteiger partial charge in [-0.25, -0.2) is 0 Å². The predicted molar refractivity (Wildman–Crippen MR) is 97.1 cm³/mol. The Morgan fingerprint density at radius 1 is 1.00 bits per heavy atom. The van der Waals surface area contributed by atoms with E-state index in [9.17, 15) is 14.4 Å². The van der Waals surface area contributed by atoms with Crippen molar-refractivity contribution in [1.29, 1.82) is 0 Å². The van der Waals surface area contributed by atoms with Crippen LogP contribution in [0, 0.1) is 0 Å². The van der Waals surface area contributed by atoms with E-state index in [1.165, 1.54) is 9.80 Å². The summed E-state index contributed by atoms with van der Waals surface area (Å²) in [5.41, 5.74) is 1.07. The van der Waals surface area contributed by atoms with Crippen LogP contribution in [0.25, 0.3) is 10.8 Å². The summed E-state index contributed by atoms with van der Waals surface area (Å²) in [6.45, 7) is 3.45. The van der Waals surface area contributed by atoms with E-state index in [0.717, 1.165) is 37.0 Å². The fourth-order valence-electron chi connectivity index (χ4n) is 3.79. The molecule has 0 atom stereocenters. The first-order valence-electron chi connectivity index (χ1n) is 9.03. The van der Waals surface area contributed by atoms with Gasteiger partial charge >= 0.3 is 0 Å². The SMILES string of the molecule is C[NH+]1CCN(C(=O)CCN2C(=O)c3cccc4cccc(c34)C2=O)CC1. The Hall–Kier alpha value is -2.73. The van der Waals surface area contributed by atoms with Gasteiger partial charge in [0.1, 0.15) is 0 Å². The Labute approximate surface area is 152 Å². The highest BCUT2D eigenvalue weighted by Crippen LogP contribution is 2.29. The van der Waals surface area contributed by atoms with Gasteiger partial charge in [-0.05, 0) is 17.5 Å². The first-order chi connectivity index (χ1) is 12.6. The molecule has 6 heteroatoms. The van der Waals surface area contributed by atoms with E-state index in [0.29, 0.717) is 11.1 Å². The molecule has 0 aliphatic carbocycles. The fourth-order valence-corrected chi connectivity index (χ4v) is 3.79. The molecule has 6 nitrogen and oxygen atoms in total. The van der Waals surface area contributed by atoms with Crippen LogP contribution >= 0.6 is 0 Å². The molecule has 0 unspecified atom stereocenters. The number of carbonyl (C=O) groups is 3. The molecule has 1 saturated heterocycles. The zero-order valence-electron chi connectivity index (χ0n) is 14.8. The molecular weight excluding hydrogens is 330 g/mol. The van der Waals surface area contributed by atoms with Crippen molar-refractivity contribution in [2.24, 2.45) is 0 Å². The quantitative estimate of drug-likeness (QED) is 0.802. The summed E-state index contributed by atoms with van der Waals surface area (Å²) in [4.78, 5) is 42.6. The van der Waals surface area contributed by atoms with Gasteiger partial charge in [0.05, 0.1) is 33.2 Å². The van der Waals surface area contributed by atoms with E-state index in [-0.39, 0.29) is 30.7 Å². The number of amides is 3. The topological polar surface area (TPSA) is 62.1 Å². The van der Waals surface area contributed by atoms with E-state index in [4.69, 9.17) is 0 Å². The third kappa shape index (κ3) is 2.76. The Balaban J connectivity index is 1.53. The summed E-state index contributed by atoms with van der Waals surface area (Å²) in [5, 5.41) is 1.60. The molecule has 0 saturated carbocycles. The number of nitrogens with zero attached hydrogens (tertiary/aromatic N) is 2. The Kier molecular flexibility index (Phi) is 4.20. The molecule has 4 rings (SSSR count). The van der Waals surface area contributed by atoms with Crippen molar-refractivity contribution < 1.29 is 19.3 Å². The second-order valence-electron chi connectivity index (χ2n) is 7.06. The maximum Gasteiger partial charge on any atom is 0.261 e. The molecular formula is C20H22N3O3+. The first kappa shape index (κ1) is 16.7. The summed E-state index contributed by atoms with van der Waals surface area (Å²) in [6.07, 6.45) is 0.175. The van der Waals surface area contributed by atoms with E-state index in [1.807, 2.05) is 29.2 Å². The van der Waals surface area contributed by atoms with Gasteiger partial charge in [-0.2, -0.15) is 0 Å². The minimum absolute atomic E-state index is 0.00941. The van der Waals surface area contributed by atoms with Crippen LogP contribution in [0.4, 0.5) is 0 Å². The lowest BCUT2D eigenvalue weighted by molar-refractivity contribution is -0.883. The second-order valence-corrected chi connectivity index (χ2v) is 7.06. The number of likely N-dealkylation sites (N-methyl/N-ethyl adjacent to an activating group) is 1. The lowest BCUT2D eigenvalue weighted by atomic mass is 9.94. The molecule has 0 aromatic heterocycles. The lowest BCUT2D eigenvalue weighted by Gasteiger charge is -2.31. The van der Waals surface area contributed by atoms with Gasteiger partial charge in [-0.1, -0.05) is 24.3 Å². The summed E-state index contributed by atoms with van der Waals surface area (Å²) >= 11 is 0. The standard InChI is InChI=1S/C20H21N3O3/c1-21-10-12-22(13-11-21)17(24)8-9-23-19(25)15-6-2-4-14-5-3-7-16(18(14)15)20(23)26/h2-7H,8-13H2,1H3/p+1. The molecule has 134 valence electrons. The molecule has 2 aliphatic rings. The molecule has 2 heterocycles. The number of quaternary nitrogens is 1. The van der Waals surface area contributed by atoms with Gasteiger partial charge in [0, 0.05) is 29.5 Å². The lowest BCUT2D eigenvalue weighted by Crippen LogP contribution is -3.12. The molecule has 2 aliphatic heterocycles. The average molecular weight is 352 g/mol. The maximum absolute atomic E-state index is 12.8. The third-order valence-corrected chi connectivity index (χ3v) is 5.37. The van der Waals surface area contributed by atoms with Crippen molar-refractivity contribution in [2.45, 2.75) is 6.42 Å². The van der Waals surface area contributed by atoms with Gasteiger partial charge in [0.15, 0.2) is 0 Å². The van der Waals surface area contributed by atoms with Crippen LogP contribution in [-0.2, 0) is 4.79 Å². The number of benzene rings is 2. The number of imide groups is 1. The Bertz CT molecular complexity index is 850. The smallest absolute Gasteiger partial charge is 0.261 e. The van der Waals surface area contributed by atoms with Crippen molar-refractivity contribution in [3.8, 4) is 0 Å². The fraction of sp³-hybridized carbons (Fsp3) is 0.350. The molecule has 0 radical (unpaired) electrons. The highest BCUT2D eigenvalue weighted by molar-refractivity contribution is 6.25. The van der Waals surface area contributed by atoms with Crippen molar-refractivity contribution >= 4 is 28.5 Å². The summed E-state index contributed by atoms with van der Waals surface area (Å²) in [5.74, 6) is -0.611. The third-order valence-electron chi connectivity index (χ3n) is 5.37. The minimum Gasteiger partial charge on any atom is -0.334 e. The molecule has 3 amide bonds. The zero-order valence-corrected chi connectivity index (χ0v) is 14.8. The van der Waals surface area contributed by atoms with Gasteiger partial charge < -0.3 is 9.80 Å². The van der Waals surface area contributed by atoms with Crippen LogP contribution < -0.4 is 4.90 Å². The van der Waals surface area contributed by atoms with Crippen LogP contribution in [0.3, 0.4) is 0 Å². The van der Waals surface area contributed by atoms with Crippen molar-refractivity contribution in [3.63, 3.8) is 0 Å². The highest BCUT2D eigenvalue weighted by Gasteiger charge is 2.33. The molecule has 1 fully saturated rings. The van der Waals surface area contributed by atoms with Crippen LogP contribution in [0.1, 0.15) is 27.1 Å². The molecule has 0 bridgehead atoms. The van der Waals surface area contributed by atoms with Crippen LogP contribution in [-0.4, -0.2) is 67.3 Å². The predicted octanol–water partition coefficient (Wildman–Crippen LogP) is 0.183.